The third kappa shape index (κ3) is 1.92. The van der Waals surface area contributed by atoms with E-state index in [4.69, 9.17) is 10.00 Å². The van der Waals surface area contributed by atoms with Crippen LogP contribution in [0.4, 0.5) is 0 Å². The lowest BCUT2D eigenvalue weighted by Gasteiger charge is -2.25. The Labute approximate surface area is 65.1 Å². The minimum Gasteiger partial charge on any atom is -0.380 e. The predicted octanol–water partition coefficient (Wildman–Crippen LogP) is -0.339. The van der Waals surface area contributed by atoms with Gasteiger partial charge >= 0.3 is 0 Å². The maximum Gasteiger partial charge on any atom is 0.228 e. The van der Waals surface area contributed by atoms with Crippen LogP contribution in [0.25, 0.3) is 0 Å². The molecule has 4 nitrogen and oxygen atoms in total. The second-order valence-corrected chi connectivity index (χ2v) is 2.59. The van der Waals surface area contributed by atoms with E-state index in [0.29, 0.717) is 13.2 Å². The first kappa shape index (κ1) is 8.02. The molecule has 0 aromatic carbocycles. The molecule has 1 amide bonds. The minimum atomic E-state index is -0.400. The summed E-state index contributed by atoms with van der Waals surface area (Å²) in [5, 5.41) is 10.9. The minimum absolute atomic E-state index is 0.0363. The van der Waals surface area contributed by atoms with Crippen molar-refractivity contribution in [2.75, 3.05) is 13.2 Å². The van der Waals surface area contributed by atoms with Crippen molar-refractivity contribution in [3.63, 3.8) is 0 Å². The highest BCUT2D eigenvalue weighted by Gasteiger charge is 2.26. The molecule has 0 aromatic heterocycles. The monoisotopic (exact) mass is 154 g/mol. The maximum atomic E-state index is 11.1. The number of nitrogens with zero attached hydrogens (tertiary/aromatic N) is 1. The normalized spacial score (nSPS) is 19.6. The van der Waals surface area contributed by atoms with Gasteiger partial charge in [-0.25, -0.2) is 0 Å². The van der Waals surface area contributed by atoms with E-state index < -0.39 is 6.04 Å². The van der Waals surface area contributed by atoms with E-state index >= 15 is 0 Å². The number of carbonyl (C=O) groups excluding carboxylic acids is 1. The van der Waals surface area contributed by atoms with Crippen LogP contribution in [0.2, 0.25) is 0 Å². The van der Waals surface area contributed by atoms with Gasteiger partial charge in [0.2, 0.25) is 5.91 Å². The van der Waals surface area contributed by atoms with Crippen molar-refractivity contribution in [1.29, 1.82) is 5.26 Å². The van der Waals surface area contributed by atoms with Gasteiger partial charge in [-0.1, -0.05) is 0 Å². The first-order valence-corrected chi connectivity index (χ1v) is 3.51. The van der Waals surface area contributed by atoms with Gasteiger partial charge < -0.3 is 10.1 Å². The van der Waals surface area contributed by atoms with Crippen LogP contribution in [0.15, 0.2) is 0 Å². The van der Waals surface area contributed by atoms with Gasteiger partial charge in [-0.05, 0) is 6.92 Å². The van der Waals surface area contributed by atoms with Gasteiger partial charge in [-0.15, -0.1) is 0 Å². The van der Waals surface area contributed by atoms with Crippen molar-refractivity contribution in [2.45, 2.75) is 13.0 Å². The summed E-state index contributed by atoms with van der Waals surface area (Å²) in [6, 6.07) is 1.53. The van der Waals surface area contributed by atoms with E-state index in [-0.39, 0.29) is 11.8 Å². The third-order valence-corrected chi connectivity index (χ3v) is 1.56. The first-order valence-electron chi connectivity index (χ1n) is 3.51. The molecule has 1 aliphatic rings. The van der Waals surface area contributed by atoms with Crippen LogP contribution in [-0.4, -0.2) is 25.2 Å². The summed E-state index contributed by atoms with van der Waals surface area (Å²) in [6.45, 7) is 2.63. The molecule has 11 heavy (non-hydrogen) atoms. The molecule has 1 fully saturated rings. The highest BCUT2D eigenvalue weighted by Crippen LogP contribution is 2.09. The van der Waals surface area contributed by atoms with Crippen LogP contribution in [0.3, 0.4) is 0 Å². The first-order chi connectivity index (χ1) is 5.24. The molecule has 0 aromatic rings. The van der Waals surface area contributed by atoms with E-state index in [0.717, 1.165) is 0 Å². The van der Waals surface area contributed by atoms with E-state index in [1.54, 1.807) is 6.92 Å². The molecule has 0 aliphatic carbocycles. The summed E-state index contributed by atoms with van der Waals surface area (Å²) < 4.78 is 4.83. The number of carbonyl (C=O) groups is 1. The fourth-order valence-electron chi connectivity index (χ4n) is 0.751. The molecule has 0 bridgehead atoms. The van der Waals surface area contributed by atoms with Gasteiger partial charge in [0.15, 0.2) is 0 Å². The lowest BCUT2D eigenvalue weighted by Crippen LogP contribution is -2.44. The average Bonchev–Trinajstić information content (AvgIpc) is 1.83. The molecule has 0 saturated carbocycles. The SMILES string of the molecule is CC(C#N)NC(=O)C1COC1. The Kier molecular flexibility index (Phi) is 2.44. The Hall–Kier alpha value is -1.08. The summed E-state index contributed by atoms with van der Waals surface area (Å²) in [4.78, 5) is 11.1. The summed E-state index contributed by atoms with van der Waals surface area (Å²) in [5.74, 6) is -0.115. The molecule has 0 spiro atoms. The zero-order valence-corrected chi connectivity index (χ0v) is 6.33. The third-order valence-electron chi connectivity index (χ3n) is 1.56. The molecule has 1 saturated heterocycles. The van der Waals surface area contributed by atoms with Crippen LogP contribution in [0.5, 0.6) is 0 Å². The van der Waals surface area contributed by atoms with Crippen molar-refractivity contribution in [3.05, 3.63) is 0 Å². The van der Waals surface area contributed by atoms with Crippen LogP contribution in [-0.2, 0) is 9.53 Å². The summed E-state index contributed by atoms with van der Waals surface area (Å²) in [5.41, 5.74) is 0. The quantitative estimate of drug-likeness (QED) is 0.592. The fraction of sp³-hybridized carbons (Fsp3) is 0.714. The second-order valence-electron chi connectivity index (χ2n) is 2.59. The van der Waals surface area contributed by atoms with Crippen LogP contribution >= 0.6 is 0 Å². The van der Waals surface area contributed by atoms with Crippen molar-refractivity contribution in [2.24, 2.45) is 5.92 Å². The Morgan fingerprint density at radius 3 is 2.82 bits per heavy atom. The van der Waals surface area contributed by atoms with Crippen LogP contribution in [0, 0.1) is 17.2 Å². The highest BCUT2D eigenvalue weighted by molar-refractivity contribution is 5.80. The Balaban J connectivity index is 2.26. The molecule has 1 heterocycles. The predicted molar refractivity (Wildman–Crippen MR) is 37.5 cm³/mol. The molecule has 1 atom stereocenters. The fourth-order valence-corrected chi connectivity index (χ4v) is 0.751. The lowest BCUT2D eigenvalue weighted by molar-refractivity contribution is -0.139. The topological polar surface area (TPSA) is 62.1 Å². The number of hydrogen-bond donors (Lipinski definition) is 1. The number of amides is 1. The van der Waals surface area contributed by atoms with Gasteiger partial charge in [-0.3, -0.25) is 4.79 Å². The number of nitriles is 1. The Bertz CT molecular complexity index is 193. The molecule has 1 rings (SSSR count). The van der Waals surface area contributed by atoms with E-state index in [2.05, 4.69) is 5.32 Å². The second kappa shape index (κ2) is 3.35. The standard InChI is InChI=1S/C7H10N2O2/c1-5(2-8)9-7(10)6-3-11-4-6/h5-6H,3-4H2,1H3,(H,9,10). The number of hydrogen-bond acceptors (Lipinski definition) is 3. The van der Waals surface area contributed by atoms with Crippen molar-refractivity contribution in [3.8, 4) is 6.07 Å². The molecule has 0 radical (unpaired) electrons. The van der Waals surface area contributed by atoms with Gasteiger partial charge in [0.25, 0.3) is 0 Å². The molecule has 60 valence electrons. The van der Waals surface area contributed by atoms with Gasteiger partial charge in [-0.2, -0.15) is 5.26 Å². The van der Waals surface area contributed by atoms with E-state index in [9.17, 15) is 4.79 Å². The summed E-state index contributed by atoms with van der Waals surface area (Å²) >= 11 is 0. The van der Waals surface area contributed by atoms with Crippen LogP contribution < -0.4 is 5.32 Å². The number of nitrogens with one attached hydrogen (secondary N) is 1. The van der Waals surface area contributed by atoms with Crippen molar-refractivity contribution < 1.29 is 9.53 Å². The van der Waals surface area contributed by atoms with Gasteiger partial charge in [0.1, 0.15) is 6.04 Å². The Morgan fingerprint density at radius 2 is 2.45 bits per heavy atom. The lowest BCUT2D eigenvalue weighted by atomic mass is 10.1. The number of ether oxygens (including phenoxy) is 1. The summed E-state index contributed by atoms with van der Waals surface area (Å²) in [6.07, 6.45) is 0. The maximum absolute atomic E-state index is 11.1. The largest absolute Gasteiger partial charge is 0.380 e. The van der Waals surface area contributed by atoms with E-state index in [1.807, 2.05) is 6.07 Å². The zero-order valence-electron chi connectivity index (χ0n) is 6.33. The van der Waals surface area contributed by atoms with Crippen LogP contribution in [0.1, 0.15) is 6.92 Å². The molecule has 1 N–H and O–H groups in total. The molecule has 1 unspecified atom stereocenters. The van der Waals surface area contributed by atoms with E-state index in [1.165, 1.54) is 0 Å². The van der Waals surface area contributed by atoms with Crippen molar-refractivity contribution >= 4 is 5.91 Å². The molecule has 1 aliphatic heterocycles. The smallest absolute Gasteiger partial charge is 0.228 e. The average molecular weight is 154 g/mol. The highest BCUT2D eigenvalue weighted by atomic mass is 16.5. The zero-order chi connectivity index (χ0) is 8.27. The summed E-state index contributed by atoms with van der Waals surface area (Å²) in [7, 11) is 0. The van der Waals surface area contributed by atoms with Gasteiger partial charge in [0, 0.05) is 0 Å². The van der Waals surface area contributed by atoms with Crippen molar-refractivity contribution in [1.82, 2.24) is 5.32 Å². The Morgan fingerprint density at radius 1 is 1.82 bits per heavy atom. The van der Waals surface area contributed by atoms with Gasteiger partial charge in [0.05, 0.1) is 25.2 Å². The molecular formula is C7H10N2O2. The molecular weight excluding hydrogens is 144 g/mol. The molecule has 4 heteroatoms. The number of rotatable bonds is 2.